The summed E-state index contributed by atoms with van der Waals surface area (Å²) in [6, 6.07) is 14.5. The lowest BCUT2D eigenvalue weighted by atomic mass is 10.0. The number of rotatable bonds is 5. The average molecular weight is 354 g/mol. The third-order valence-corrected chi connectivity index (χ3v) is 5.42. The largest absolute Gasteiger partial charge is 0.422 e. The maximum absolute atomic E-state index is 12.0. The van der Waals surface area contributed by atoms with E-state index in [0.29, 0.717) is 0 Å². The van der Waals surface area contributed by atoms with Crippen molar-refractivity contribution in [3.05, 3.63) is 75.1 Å². The lowest BCUT2D eigenvalue weighted by Crippen LogP contribution is -3.06. The molecule has 0 bridgehead atoms. The second kappa shape index (κ2) is 7.46. The van der Waals surface area contributed by atoms with E-state index < -0.39 is 0 Å². The number of aryl methyl sites for hydroxylation is 2. The van der Waals surface area contributed by atoms with Gasteiger partial charge in [0.25, 0.3) is 0 Å². The lowest BCUT2D eigenvalue weighted by molar-refractivity contribution is -0.907. The number of fused-ring (bicyclic) bond motifs is 1. The zero-order chi connectivity index (χ0) is 18.0. The van der Waals surface area contributed by atoms with E-state index in [1.807, 2.05) is 13.8 Å². The van der Waals surface area contributed by atoms with Crippen LogP contribution in [0.15, 0.2) is 56.6 Å². The highest BCUT2D eigenvalue weighted by Crippen LogP contribution is 2.22. The molecule has 1 atom stereocenters. The molecule has 0 saturated carbocycles. The summed E-state index contributed by atoms with van der Waals surface area (Å²) in [7, 11) is 2.16. The third-order valence-electron chi connectivity index (χ3n) is 4.67. The fourth-order valence-electron chi connectivity index (χ4n) is 3.15. The average Bonchev–Trinajstić information content (AvgIpc) is 2.59. The molecule has 0 aliphatic heterocycles. The van der Waals surface area contributed by atoms with E-state index >= 15 is 0 Å². The summed E-state index contributed by atoms with van der Waals surface area (Å²) in [5.74, 6) is 0. The molecule has 0 radical (unpaired) electrons. The molecule has 25 heavy (non-hydrogen) atoms. The van der Waals surface area contributed by atoms with Gasteiger partial charge in [-0.2, -0.15) is 0 Å². The highest BCUT2D eigenvalue weighted by molar-refractivity contribution is 7.98. The van der Waals surface area contributed by atoms with Gasteiger partial charge in [-0.3, -0.25) is 0 Å². The van der Waals surface area contributed by atoms with Gasteiger partial charge >= 0.3 is 5.63 Å². The maximum atomic E-state index is 12.0. The summed E-state index contributed by atoms with van der Waals surface area (Å²) in [5.41, 5.74) is 4.99. The molecule has 0 fully saturated rings. The van der Waals surface area contributed by atoms with Crippen LogP contribution in [0.1, 0.15) is 22.3 Å². The van der Waals surface area contributed by atoms with Gasteiger partial charge < -0.3 is 9.32 Å². The smallest absolute Gasteiger partial charge is 0.336 e. The fraction of sp³-hybridized carbons (Fsp3) is 0.286. The molecule has 0 amide bonds. The van der Waals surface area contributed by atoms with Crippen LogP contribution in [0.25, 0.3) is 11.0 Å². The molecule has 1 unspecified atom stereocenters. The summed E-state index contributed by atoms with van der Waals surface area (Å²) in [5, 5.41) is 1.04. The van der Waals surface area contributed by atoms with Crippen molar-refractivity contribution in [2.75, 3.05) is 13.3 Å². The van der Waals surface area contributed by atoms with Gasteiger partial charge in [0, 0.05) is 27.5 Å². The Kier molecular flexibility index (Phi) is 5.30. The van der Waals surface area contributed by atoms with Gasteiger partial charge in [0.1, 0.15) is 18.7 Å². The molecule has 1 N–H and O–H groups in total. The van der Waals surface area contributed by atoms with Crippen LogP contribution in [-0.2, 0) is 13.1 Å². The molecule has 0 saturated heterocycles. The molecule has 4 heteroatoms. The van der Waals surface area contributed by atoms with Crippen LogP contribution < -0.4 is 10.5 Å². The summed E-state index contributed by atoms with van der Waals surface area (Å²) in [6.45, 7) is 5.75. The van der Waals surface area contributed by atoms with Crippen molar-refractivity contribution in [3.8, 4) is 0 Å². The number of nitrogens with one attached hydrogen (secondary N) is 1. The predicted octanol–water partition coefficient (Wildman–Crippen LogP) is 3.35. The molecular weight excluding hydrogens is 330 g/mol. The summed E-state index contributed by atoms with van der Waals surface area (Å²) in [6.07, 6.45) is 2.09. The summed E-state index contributed by atoms with van der Waals surface area (Å²) < 4.78 is 5.47. The van der Waals surface area contributed by atoms with Crippen LogP contribution in [0.5, 0.6) is 0 Å². The summed E-state index contributed by atoms with van der Waals surface area (Å²) >= 11 is 1.75. The Balaban J connectivity index is 1.86. The highest BCUT2D eigenvalue weighted by atomic mass is 32.2. The first-order valence-electron chi connectivity index (χ1n) is 8.45. The Morgan fingerprint density at radius 1 is 1.04 bits per heavy atom. The molecule has 3 nitrogen and oxygen atoms in total. The minimum atomic E-state index is -0.270. The molecule has 0 aliphatic carbocycles. The number of thioether (sulfide) groups is 1. The SMILES string of the molecule is CSc1ccc(C[NH+](C)Cc2cc(=O)oc3c(C)c(C)ccc23)cc1. The molecule has 1 heterocycles. The monoisotopic (exact) mass is 354 g/mol. The van der Waals surface area contributed by atoms with Gasteiger partial charge in [-0.1, -0.05) is 24.3 Å². The molecule has 0 spiro atoms. The van der Waals surface area contributed by atoms with E-state index in [4.69, 9.17) is 4.42 Å². The minimum absolute atomic E-state index is 0.270. The molecule has 0 aliphatic rings. The van der Waals surface area contributed by atoms with Gasteiger partial charge in [-0.15, -0.1) is 11.8 Å². The number of benzene rings is 2. The Labute approximate surface area is 152 Å². The molecular formula is C21H24NO2S+. The molecule has 130 valence electrons. The van der Waals surface area contributed by atoms with Gasteiger partial charge in [0.05, 0.1) is 7.05 Å². The topological polar surface area (TPSA) is 34.7 Å². The first-order valence-corrected chi connectivity index (χ1v) is 9.67. The number of hydrogen-bond donors (Lipinski definition) is 1. The van der Waals surface area contributed by atoms with Crippen molar-refractivity contribution in [3.63, 3.8) is 0 Å². The van der Waals surface area contributed by atoms with Crippen molar-refractivity contribution in [2.45, 2.75) is 31.8 Å². The Morgan fingerprint density at radius 3 is 2.44 bits per heavy atom. The quantitative estimate of drug-likeness (QED) is 0.564. The van der Waals surface area contributed by atoms with Crippen LogP contribution in [0.4, 0.5) is 0 Å². The first-order chi connectivity index (χ1) is 12.0. The molecule has 3 aromatic rings. The van der Waals surface area contributed by atoms with E-state index in [0.717, 1.165) is 40.7 Å². The second-order valence-electron chi connectivity index (χ2n) is 6.63. The first kappa shape index (κ1) is 17.8. The van der Waals surface area contributed by atoms with E-state index in [1.54, 1.807) is 17.8 Å². The van der Waals surface area contributed by atoms with Crippen LogP contribution in [0, 0.1) is 13.8 Å². The Morgan fingerprint density at radius 2 is 1.76 bits per heavy atom. The normalized spacial score (nSPS) is 12.5. The van der Waals surface area contributed by atoms with Gasteiger partial charge in [0.2, 0.25) is 0 Å². The zero-order valence-corrected chi connectivity index (χ0v) is 16.0. The molecule has 3 rings (SSSR count). The minimum Gasteiger partial charge on any atom is -0.422 e. The number of quaternary nitrogens is 1. The van der Waals surface area contributed by atoms with Crippen LogP contribution in [0.2, 0.25) is 0 Å². The Bertz CT molecular complexity index is 945. The maximum Gasteiger partial charge on any atom is 0.336 e. The second-order valence-corrected chi connectivity index (χ2v) is 7.51. The van der Waals surface area contributed by atoms with Crippen LogP contribution in [0.3, 0.4) is 0 Å². The third kappa shape index (κ3) is 3.97. The van der Waals surface area contributed by atoms with Crippen LogP contribution >= 0.6 is 11.8 Å². The van der Waals surface area contributed by atoms with E-state index in [1.165, 1.54) is 15.4 Å². The molecule has 1 aromatic heterocycles. The van der Waals surface area contributed by atoms with Gasteiger partial charge in [0.15, 0.2) is 0 Å². The lowest BCUT2D eigenvalue weighted by Gasteiger charge is -2.16. The van der Waals surface area contributed by atoms with Crippen molar-refractivity contribution in [2.24, 2.45) is 0 Å². The van der Waals surface area contributed by atoms with Crippen molar-refractivity contribution >= 4 is 22.7 Å². The summed E-state index contributed by atoms with van der Waals surface area (Å²) in [4.78, 5) is 14.6. The van der Waals surface area contributed by atoms with Crippen molar-refractivity contribution < 1.29 is 9.32 Å². The van der Waals surface area contributed by atoms with Gasteiger partial charge in [-0.05, 0) is 43.4 Å². The predicted molar refractivity (Wildman–Crippen MR) is 104 cm³/mol. The standard InChI is InChI=1S/C21H23NO2S/c1-14-5-10-19-17(11-20(23)24-21(19)15(14)2)13-22(3)12-16-6-8-18(25-4)9-7-16/h5-11H,12-13H2,1-4H3/p+1. The van der Waals surface area contributed by atoms with E-state index in [-0.39, 0.29) is 5.63 Å². The van der Waals surface area contributed by atoms with E-state index in [2.05, 4.69) is 49.7 Å². The van der Waals surface area contributed by atoms with Crippen molar-refractivity contribution in [1.29, 1.82) is 0 Å². The zero-order valence-electron chi connectivity index (χ0n) is 15.2. The fourth-order valence-corrected chi connectivity index (χ4v) is 3.56. The van der Waals surface area contributed by atoms with Gasteiger partial charge in [-0.25, -0.2) is 4.79 Å². The van der Waals surface area contributed by atoms with Crippen LogP contribution in [-0.4, -0.2) is 13.3 Å². The van der Waals surface area contributed by atoms with E-state index in [9.17, 15) is 4.79 Å². The molecule has 2 aromatic carbocycles. The Hall–Kier alpha value is -2.04. The number of hydrogen-bond acceptors (Lipinski definition) is 3. The highest BCUT2D eigenvalue weighted by Gasteiger charge is 2.13. The van der Waals surface area contributed by atoms with Crippen molar-refractivity contribution in [1.82, 2.24) is 0 Å².